The zero-order valence-corrected chi connectivity index (χ0v) is 26.2. The molecule has 3 aromatic carbocycles. The minimum atomic E-state index is -1.74. The second-order valence-corrected chi connectivity index (χ2v) is 14.7. The molecule has 0 fully saturated rings. The lowest BCUT2D eigenvalue weighted by molar-refractivity contribution is 0.385. The van der Waals surface area contributed by atoms with Crippen LogP contribution in [0.15, 0.2) is 66.7 Å². The van der Waals surface area contributed by atoms with Crippen LogP contribution in [0.4, 0.5) is 0 Å². The summed E-state index contributed by atoms with van der Waals surface area (Å²) in [6, 6.07) is 23.0. The third-order valence-electron chi connectivity index (χ3n) is 6.53. The number of hydrogen-bond donors (Lipinski definition) is 0. The molecule has 0 aliphatic rings. The molecule has 3 nitrogen and oxygen atoms in total. The van der Waals surface area contributed by atoms with E-state index in [4.69, 9.17) is 13.6 Å². The zero-order chi connectivity index (χ0) is 28.3. The molecule has 0 aliphatic carbocycles. The van der Waals surface area contributed by atoms with E-state index >= 15 is 0 Å². The second-order valence-electron chi connectivity index (χ2n) is 13.7. The SMILES string of the molecule is CC(C)Cc1cc(C(C)(C)C)ccc1OP(Oc1ccc(C(C)(C)C)cc1)Oc1ccc(C(C)(C)C)cc1. The fraction of sp³-hybridized carbons (Fsp3) is 0.471. The van der Waals surface area contributed by atoms with E-state index in [2.05, 4.69) is 119 Å². The number of benzene rings is 3. The number of rotatable bonds is 8. The third kappa shape index (κ3) is 8.50. The minimum absolute atomic E-state index is 0.0611. The molecule has 3 aromatic rings. The average Bonchev–Trinajstić information content (AvgIpc) is 2.78. The molecule has 0 saturated heterocycles. The van der Waals surface area contributed by atoms with Gasteiger partial charge >= 0.3 is 8.60 Å². The summed E-state index contributed by atoms with van der Waals surface area (Å²) in [5.41, 5.74) is 5.19. The first-order valence-corrected chi connectivity index (χ1v) is 14.8. The highest BCUT2D eigenvalue weighted by Crippen LogP contribution is 2.45. The van der Waals surface area contributed by atoms with Crippen LogP contribution in [0.2, 0.25) is 0 Å². The Labute approximate surface area is 232 Å². The molecule has 0 saturated carbocycles. The maximum absolute atomic E-state index is 6.54. The molecule has 0 bridgehead atoms. The summed E-state index contributed by atoms with van der Waals surface area (Å²) in [6.45, 7) is 24.4. The Morgan fingerprint density at radius 1 is 0.553 bits per heavy atom. The molecule has 0 spiro atoms. The van der Waals surface area contributed by atoms with Gasteiger partial charge < -0.3 is 13.6 Å². The van der Waals surface area contributed by atoms with E-state index in [1.54, 1.807) is 0 Å². The first kappa shape index (κ1) is 30.0. The van der Waals surface area contributed by atoms with Gasteiger partial charge in [0.05, 0.1) is 0 Å². The standard InChI is InChI=1S/C34H47O3P/c1-24(2)22-25-23-28(34(9,10)11)16-21-31(25)37-38(35-29-17-12-26(13-18-29)32(3,4)5)36-30-19-14-27(15-20-30)33(6,7)8/h12-21,23-24H,22H2,1-11H3. The first-order chi connectivity index (χ1) is 17.5. The van der Waals surface area contributed by atoms with Gasteiger partial charge in [-0.1, -0.05) is 113 Å². The summed E-state index contributed by atoms with van der Waals surface area (Å²) < 4.78 is 19.3. The Kier molecular flexibility index (Phi) is 9.25. The molecular weight excluding hydrogens is 487 g/mol. The first-order valence-electron chi connectivity index (χ1n) is 13.7. The maximum atomic E-state index is 6.54. The topological polar surface area (TPSA) is 27.7 Å². The average molecular weight is 535 g/mol. The van der Waals surface area contributed by atoms with Crippen molar-refractivity contribution >= 4 is 8.60 Å². The van der Waals surface area contributed by atoms with E-state index in [-0.39, 0.29) is 16.2 Å². The molecule has 0 aliphatic heterocycles. The second kappa shape index (κ2) is 11.7. The molecule has 0 unspecified atom stereocenters. The molecule has 38 heavy (non-hydrogen) atoms. The van der Waals surface area contributed by atoms with Gasteiger partial charge in [-0.05, 0) is 81.2 Å². The number of hydrogen-bond acceptors (Lipinski definition) is 3. The summed E-state index contributed by atoms with van der Waals surface area (Å²) in [5.74, 6) is 2.77. The Bertz CT molecular complexity index is 1120. The molecule has 0 N–H and O–H groups in total. The lowest BCUT2D eigenvalue weighted by Crippen LogP contribution is -2.13. The van der Waals surface area contributed by atoms with Gasteiger partial charge in [0.25, 0.3) is 0 Å². The lowest BCUT2D eigenvalue weighted by atomic mass is 9.85. The molecule has 0 aromatic heterocycles. The van der Waals surface area contributed by atoms with E-state index in [0.29, 0.717) is 5.92 Å². The van der Waals surface area contributed by atoms with Gasteiger partial charge in [-0.3, -0.25) is 0 Å². The summed E-state index contributed by atoms with van der Waals surface area (Å²) in [7, 11) is -1.74. The zero-order valence-electron chi connectivity index (χ0n) is 25.3. The van der Waals surface area contributed by atoms with Crippen molar-refractivity contribution in [1.82, 2.24) is 0 Å². The van der Waals surface area contributed by atoms with Gasteiger partial charge in [0, 0.05) is 0 Å². The Hall–Kier alpha value is -2.51. The monoisotopic (exact) mass is 534 g/mol. The van der Waals surface area contributed by atoms with Crippen molar-refractivity contribution in [2.45, 2.75) is 98.8 Å². The summed E-state index contributed by atoms with van der Waals surface area (Å²) in [6.07, 6.45) is 0.920. The molecule has 0 radical (unpaired) electrons. The molecule has 3 rings (SSSR count). The molecule has 0 atom stereocenters. The van der Waals surface area contributed by atoms with Crippen LogP contribution < -0.4 is 13.6 Å². The summed E-state index contributed by atoms with van der Waals surface area (Å²) in [5, 5.41) is 0. The van der Waals surface area contributed by atoms with Crippen LogP contribution in [-0.2, 0) is 22.7 Å². The van der Waals surface area contributed by atoms with Crippen molar-refractivity contribution in [2.24, 2.45) is 5.92 Å². The van der Waals surface area contributed by atoms with Crippen LogP contribution in [0, 0.1) is 5.92 Å². The fourth-order valence-corrected chi connectivity index (χ4v) is 5.11. The predicted molar refractivity (Wildman–Crippen MR) is 163 cm³/mol. The van der Waals surface area contributed by atoms with Crippen molar-refractivity contribution in [3.8, 4) is 17.2 Å². The highest BCUT2D eigenvalue weighted by molar-refractivity contribution is 7.43. The molecule has 0 amide bonds. The van der Waals surface area contributed by atoms with Crippen molar-refractivity contribution < 1.29 is 13.6 Å². The van der Waals surface area contributed by atoms with E-state index < -0.39 is 8.60 Å². The third-order valence-corrected chi connectivity index (χ3v) is 7.59. The molecule has 0 heterocycles. The van der Waals surface area contributed by atoms with Crippen LogP contribution in [-0.4, -0.2) is 0 Å². The van der Waals surface area contributed by atoms with Gasteiger partial charge in [0.2, 0.25) is 0 Å². The quantitative estimate of drug-likeness (QED) is 0.269. The van der Waals surface area contributed by atoms with E-state index in [9.17, 15) is 0 Å². The largest absolute Gasteiger partial charge is 0.530 e. The smallest absolute Gasteiger partial charge is 0.409 e. The van der Waals surface area contributed by atoms with E-state index in [1.165, 1.54) is 22.3 Å². The van der Waals surface area contributed by atoms with Gasteiger partial charge in [0.15, 0.2) is 0 Å². The van der Waals surface area contributed by atoms with Crippen molar-refractivity contribution in [2.75, 3.05) is 0 Å². The Balaban J connectivity index is 1.94. The van der Waals surface area contributed by atoms with Crippen LogP contribution in [0.25, 0.3) is 0 Å². The van der Waals surface area contributed by atoms with Crippen LogP contribution in [0.1, 0.15) is 98.4 Å². The van der Waals surface area contributed by atoms with Gasteiger partial charge in [-0.2, -0.15) is 0 Å². The highest BCUT2D eigenvalue weighted by atomic mass is 31.2. The van der Waals surface area contributed by atoms with Gasteiger partial charge in [-0.25, -0.2) is 0 Å². The van der Waals surface area contributed by atoms with E-state index in [0.717, 1.165) is 23.7 Å². The molecule has 206 valence electrons. The van der Waals surface area contributed by atoms with E-state index in [1.807, 2.05) is 24.3 Å². The summed E-state index contributed by atoms with van der Waals surface area (Å²) in [4.78, 5) is 0. The Morgan fingerprint density at radius 3 is 1.32 bits per heavy atom. The summed E-state index contributed by atoms with van der Waals surface area (Å²) >= 11 is 0. The lowest BCUT2D eigenvalue weighted by Gasteiger charge is -2.24. The predicted octanol–water partition coefficient (Wildman–Crippen LogP) is 10.5. The Morgan fingerprint density at radius 2 is 0.947 bits per heavy atom. The highest BCUT2D eigenvalue weighted by Gasteiger charge is 2.24. The van der Waals surface area contributed by atoms with Crippen molar-refractivity contribution in [1.29, 1.82) is 0 Å². The van der Waals surface area contributed by atoms with Gasteiger partial charge in [-0.15, -0.1) is 0 Å². The van der Waals surface area contributed by atoms with Crippen LogP contribution >= 0.6 is 8.60 Å². The van der Waals surface area contributed by atoms with Crippen molar-refractivity contribution in [3.05, 3.63) is 89.0 Å². The normalized spacial score (nSPS) is 12.7. The van der Waals surface area contributed by atoms with Crippen LogP contribution in [0.3, 0.4) is 0 Å². The minimum Gasteiger partial charge on any atom is -0.409 e. The fourth-order valence-electron chi connectivity index (χ4n) is 4.07. The molecular formula is C34H47O3P. The molecule has 4 heteroatoms. The van der Waals surface area contributed by atoms with Crippen molar-refractivity contribution in [3.63, 3.8) is 0 Å². The maximum Gasteiger partial charge on any atom is 0.530 e. The van der Waals surface area contributed by atoms with Gasteiger partial charge in [0.1, 0.15) is 17.2 Å². The van der Waals surface area contributed by atoms with Crippen LogP contribution in [0.5, 0.6) is 17.2 Å².